The quantitative estimate of drug-likeness (QED) is 0.0674. The van der Waals surface area contributed by atoms with E-state index in [-0.39, 0.29) is 56.3 Å². The first kappa shape index (κ1) is 62.0. The molecular formula is C57H73N9O15. The Morgan fingerprint density at radius 2 is 1.19 bits per heavy atom. The number of carbonyl (C=O) groups is 11. The van der Waals surface area contributed by atoms with Gasteiger partial charge in [-0.3, -0.25) is 43.3 Å². The molecule has 3 aliphatic heterocycles. The van der Waals surface area contributed by atoms with Crippen LogP contribution in [0.4, 0.5) is 4.79 Å². The summed E-state index contributed by atoms with van der Waals surface area (Å²) in [6, 6.07) is 15.8. The van der Waals surface area contributed by atoms with E-state index in [4.69, 9.17) is 14.2 Å². The van der Waals surface area contributed by atoms with Crippen molar-refractivity contribution in [1.29, 1.82) is 0 Å². The van der Waals surface area contributed by atoms with Crippen LogP contribution < -0.4 is 26.6 Å². The second kappa shape index (κ2) is 29.8. The maximum Gasteiger partial charge on any atom is 0.329 e. The Hall–Kier alpha value is -8.25. The number of carboxylic acid groups (broad SMARTS) is 1. The number of carboxylic acids is 1. The molecule has 3 heterocycles. The molecule has 436 valence electrons. The highest BCUT2D eigenvalue weighted by molar-refractivity contribution is 6.04. The number of aliphatic carboxylic acids is 1. The van der Waals surface area contributed by atoms with E-state index in [1.54, 1.807) is 93.6 Å². The molecular weight excluding hydrogens is 1050 g/mol. The van der Waals surface area contributed by atoms with Gasteiger partial charge in [-0.05, 0) is 69.2 Å². The Balaban J connectivity index is 1.24. The van der Waals surface area contributed by atoms with Crippen molar-refractivity contribution in [2.75, 3.05) is 72.7 Å². The van der Waals surface area contributed by atoms with Gasteiger partial charge in [-0.25, -0.2) is 19.3 Å². The highest BCUT2D eigenvalue weighted by Crippen LogP contribution is 2.26. The lowest BCUT2D eigenvalue weighted by molar-refractivity contribution is -0.159. The number of amides is 9. The highest BCUT2D eigenvalue weighted by Gasteiger charge is 2.44. The summed E-state index contributed by atoms with van der Waals surface area (Å²) in [7, 11) is 1.14. The Morgan fingerprint density at radius 3 is 1.80 bits per heavy atom. The van der Waals surface area contributed by atoms with Crippen LogP contribution in [0, 0.1) is 0 Å². The Bertz CT molecular complexity index is 2730. The van der Waals surface area contributed by atoms with Crippen LogP contribution in [0.2, 0.25) is 0 Å². The van der Waals surface area contributed by atoms with Gasteiger partial charge >= 0.3 is 23.9 Å². The van der Waals surface area contributed by atoms with Gasteiger partial charge in [0.15, 0.2) is 0 Å². The minimum absolute atomic E-state index is 0.0190. The molecule has 9 amide bonds. The smallest absolute Gasteiger partial charge is 0.329 e. The number of likely N-dealkylation sites (tertiary alicyclic amines) is 2. The van der Waals surface area contributed by atoms with Crippen LogP contribution in [0.1, 0.15) is 79.9 Å². The van der Waals surface area contributed by atoms with Crippen molar-refractivity contribution >= 4 is 65.3 Å². The molecule has 5 atom stereocenters. The van der Waals surface area contributed by atoms with E-state index in [2.05, 4.69) is 31.5 Å². The van der Waals surface area contributed by atoms with Crippen LogP contribution in [0.5, 0.6) is 0 Å². The molecule has 0 radical (unpaired) electrons. The highest BCUT2D eigenvalue weighted by atomic mass is 16.6. The molecule has 3 aromatic carbocycles. The van der Waals surface area contributed by atoms with Crippen LogP contribution in [-0.4, -0.2) is 198 Å². The minimum atomic E-state index is -1.75. The summed E-state index contributed by atoms with van der Waals surface area (Å²) in [6.07, 6.45) is 0.777. The zero-order valence-corrected chi connectivity index (χ0v) is 46.1. The third kappa shape index (κ3) is 18.4. The lowest BCUT2D eigenvalue weighted by atomic mass is 9.98. The van der Waals surface area contributed by atoms with E-state index in [0.717, 1.165) is 12.0 Å². The van der Waals surface area contributed by atoms with Crippen molar-refractivity contribution in [3.05, 3.63) is 107 Å². The lowest BCUT2D eigenvalue weighted by Gasteiger charge is -2.34. The van der Waals surface area contributed by atoms with E-state index in [9.17, 15) is 57.8 Å². The van der Waals surface area contributed by atoms with Crippen LogP contribution >= 0.6 is 0 Å². The molecule has 3 saturated heterocycles. The molecule has 0 bridgehead atoms. The zero-order valence-electron chi connectivity index (χ0n) is 46.1. The van der Waals surface area contributed by atoms with Crippen LogP contribution in [0.15, 0.2) is 84.9 Å². The number of nitrogens with one attached hydrogen (secondary N) is 5. The van der Waals surface area contributed by atoms with Crippen molar-refractivity contribution in [3.63, 3.8) is 0 Å². The van der Waals surface area contributed by atoms with Crippen LogP contribution in [0.25, 0.3) is 0 Å². The number of benzene rings is 3. The van der Waals surface area contributed by atoms with Gasteiger partial charge in [0, 0.05) is 64.0 Å². The third-order valence-corrected chi connectivity index (χ3v) is 13.8. The Morgan fingerprint density at radius 1 is 0.642 bits per heavy atom. The summed E-state index contributed by atoms with van der Waals surface area (Å²) >= 11 is 0. The number of morpholine rings is 1. The van der Waals surface area contributed by atoms with E-state index in [0.29, 0.717) is 68.1 Å². The molecule has 24 heteroatoms. The van der Waals surface area contributed by atoms with Gasteiger partial charge in [-0.1, -0.05) is 78.9 Å². The number of rotatable bonds is 24. The van der Waals surface area contributed by atoms with E-state index >= 15 is 0 Å². The summed E-state index contributed by atoms with van der Waals surface area (Å²) in [6.45, 7) is 5.53. The fraction of sp³-hybridized carbons (Fsp3) is 0.491. The maximum atomic E-state index is 14.9. The van der Waals surface area contributed by atoms with Gasteiger partial charge in [-0.2, -0.15) is 0 Å². The predicted octanol–water partition coefficient (Wildman–Crippen LogP) is 0.741. The molecule has 24 nitrogen and oxygen atoms in total. The average molecular weight is 1120 g/mol. The first-order valence-corrected chi connectivity index (χ1v) is 27.1. The summed E-state index contributed by atoms with van der Waals surface area (Å²) in [5.74, 6) is -8.55. The number of methoxy groups -OCH3 is 1. The first-order chi connectivity index (χ1) is 38.7. The molecule has 0 saturated carbocycles. The van der Waals surface area contributed by atoms with Crippen molar-refractivity contribution in [2.45, 2.75) is 108 Å². The topological polar surface area (TPSA) is 309 Å². The Labute approximate surface area is 469 Å². The van der Waals surface area contributed by atoms with Crippen molar-refractivity contribution in [1.82, 2.24) is 46.2 Å². The first-order valence-electron chi connectivity index (χ1n) is 27.1. The van der Waals surface area contributed by atoms with E-state index in [1.807, 2.05) is 0 Å². The summed E-state index contributed by atoms with van der Waals surface area (Å²) in [5, 5.41) is 22.0. The van der Waals surface area contributed by atoms with E-state index in [1.165, 1.54) is 17.0 Å². The number of esters is 2. The number of imide groups is 1. The van der Waals surface area contributed by atoms with Gasteiger partial charge in [0.05, 0.1) is 33.4 Å². The summed E-state index contributed by atoms with van der Waals surface area (Å²) in [4.78, 5) is 157. The number of urea groups is 1. The number of hydrogen-bond acceptors (Lipinski definition) is 15. The molecule has 81 heavy (non-hydrogen) atoms. The molecule has 0 aliphatic carbocycles. The molecule has 0 spiro atoms. The molecule has 3 aliphatic rings. The van der Waals surface area contributed by atoms with Crippen molar-refractivity contribution < 1.29 is 72.1 Å². The number of carbonyl (C=O) groups excluding carboxylic acids is 10. The summed E-state index contributed by atoms with van der Waals surface area (Å²) in [5.41, 5.74) is 0.688. The summed E-state index contributed by atoms with van der Waals surface area (Å²) < 4.78 is 16.0. The van der Waals surface area contributed by atoms with Crippen molar-refractivity contribution in [2.24, 2.45) is 0 Å². The van der Waals surface area contributed by atoms with Crippen LogP contribution in [0.3, 0.4) is 0 Å². The van der Waals surface area contributed by atoms with Crippen LogP contribution in [-0.2, 0) is 76.6 Å². The third-order valence-electron chi connectivity index (χ3n) is 13.8. The predicted molar refractivity (Wildman–Crippen MR) is 291 cm³/mol. The number of hydrogen-bond donors (Lipinski definition) is 6. The molecule has 6 rings (SSSR count). The Kier molecular flexibility index (Phi) is 22.8. The van der Waals surface area contributed by atoms with Gasteiger partial charge in [0.2, 0.25) is 29.5 Å². The standard InChI is InChI=1S/C57H73N9O15/c1-57(2,3)81-55(77)44-22-13-24-64(44)53(75)40-20-12-11-19-39(40)33-42(51(73)60-36-49(70)71)62-47(68)34-58-52(74)45(32-38-17-9-6-10-18-38)66(56(78)65-25-14-21-43(65)54(76)79-4)48(69)35-59-50(72)41(31-37-15-7-5-8-16-37)61-46(67)23-26-63-27-29-80-30-28-63/h5-12,15-20,41-45H,13-14,21-36H2,1-4H3,(H,58,74)(H,59,72)(H,60,73)(H,61,67)(H,62,68)(H,70,71)/t41-,42-,43?,44?,45-/m0/s1. The van der Waals surface area contributed by atoms with Gasteiger partial charge in [0.25, 0.3) is 11.8 Å². The van der Waals surface area contributed by atoms with E-state index < -0.39 is 121 Å². The largest absolute Gasteiger partial charge is 0.480 e. The van der Waals surface area contributed by atoms with Crippen molar-refractivity contribution in [3.8, 4) is 0 Å². The lowest BCUT2D eigenvalue weighted by Crippen LogP contribution is -2.61. The molecule has 3 fully saturated rings. The zero-order chi connectivity index (χ0) is 58.6. The molecule has 3 aromatic rings. The van der Waals surface area contributed by atoms with Gasteiger partial charge in [-0.15, -0.1) is 0 Å². The maximum absolute atomic E-state index is 14.9. The molecule has 6 N–H and O–H groups in total. The second-order valence-corrected chi connectivity index (χ2v) is 20.9. The fourth-order valence-corrected chi connectivity index (χ4v) is 9.78. The normalized spacial score (nSPS) is 17.3. The number of nitrogens with zero attached hydrogens (tertiary/aromatic N) is 4. The molecule has 2 unspecified atom stereocenters. The SMILES string of the molecule is COC(=O)C1CCCN1C(=O)N(C(=O)CNC(=O)[C@H](Cc1ccccc1)NC(=O)CCN1CCOCC1)[C@@H](Cc1ccccc1)C(=O)NCC(=O)N[C@@H](Cc1ccccc1C(=O)N1CCCC1C(=O)OC(C)(C)C)C(=O)NCC(=O)O. The minimum Gasteiger partial charge on any atom is -0.480 e. The fourth-order valence-electron chi connectivity index (χ4n) is 9.78. The van der Waals surface area contributed by atoms with Gasteiger partial charge < -0.3 is 55.7 Å². The second-order valence-electron chi connectivity index (χ2n) is 20.9. The van der Waals surface area contributed by atoms with Gasteiger partial charge in [0.1, 0.15) is 42.4 Å². The monoisotopic (exact) mass is 1120 g/mol. The molecule has 0 aromatic heterocycles. The number of ether oxygens (including phenoxy) is 3. The average Bonchev–Trinajstić information content (AvgIpc) is 4.17.